The molecule has 0 saturated carbocycles. The molecular formula is C14H20ClNO3. The van der Waals surface area contributed by atoms with E-state index in [4.69, 9.17) is 16.3 Å². The number of carbonyl (C=O) groups is 1. The van der Waals surface area contributed by atoms with Crippen molar-refractivity contribution in [2.75, 3.05) is 13.2 Å². The van der Waals surface area contributed by atoms with E-state index >= 15 is 0 Å². The number of hydrogen-bond acceptors (Lipinski definition) is 4. The molecule has 0 aromatic heterocycles. The summed E-state index contributed by atoms with van der Waals surface area (Å²) in [4.78, 5) is 11.7. The SMILES string of the molecule is CC(C)(C)NC[C@H](O)COC(=O)c1ccccc1Cl. The van der Waals surface area contributed by atoms with Crippen LogP contribution in [0, 0.1) is 0 Å². The number of aliphatic hydroxyl groups excluding tert-OH is 1. The van der Waals surface area contributed by atoms with Gasteiger partial charge in [-0.15, -0.1) is 0 Å². The molecule has 0 bridgehead atoms. The minimum absolute atomic E-state index is 0.0624. The van der Waals surface area contributed by atoms with E-state index in [9.17, 15) is 9.90 Å². The summed E-state index contributed by atoms with van der Waals surface area (Å²) in [6, 6.07) is 6.65. The van der Waals surface area contributed by atoms with Crippen LogP contribution in [-0.4, -0.2) is 35.9 Å². The highest BCUT2D eigenvalue weighted by atomic mass is 35.5. The highest BCUT2D eigenvalue weighted by Gasteiger charge is 2.15. The third-order valence-corrected chi connectivity index (χ3v) is 2.70. The zero-order chi connectivity index (χ0) is 14.5. The fourth-order valence-corrected chi connectivity index (χ4v) is 1.57. The average Bonchev–Trinajstić information content (AvgIpc) is 2.33. The molecule has 2 N–H and O–H groups in total. The van der Waals surface area contributed by atoms with E-state index in [-0.39, 0.29) is 12.1 Å². The highest BCUT2D eigenvalue weighted by molar-refractivity contribution is 6.33. The van der Waals surface area contributed by atoms with E-state index in [1.165, 1.54) is 0 Å². The molecule has 19 heavy (non-hydrogen) atoms. The zero-order valence-corrected chi connectivity index (χ0v) is 12.2. The molecule has 0 aliphatic rings. The number of benzene rings is 1. The topological polar surface area (TPSA) is 58.6 Å². The maximum absolute atomic E-state index is 11.7. The molecule has 1 atom stereocenters. The molecule has 0 saturated heterocycles. The van der Waals surface area contributed by atoms with Crippen molar-refractivity contribution in [2.45, 2.75) is 32.4 Å². The van der Waals surface area contributed by atoms with Gasteiger partial charge in [-0.25, -0.2) is 4.79 Å². The normalized spacial score (nSPS) is 13.1. The van der Waals surface area contributed by atoms with Crippen LogP contribution in [0.3, 0.4) is 0 Å². The van der Waals surface area contributed by atoms with Crippen LogP contribution in [0.25, 0.3) is 0 Å². The van der Waals surface area contributed by atoms with Crippen LogP contribution in [0.4, 0.5) is 0 Å². The molecule has 0 fully saturated rings. The standard InChI is InChI=1S/C14H20ClNO3/c1-14(2,3)16-8-10(17)9-19-13(18)11-6-4-5-7-12(11)15/h4-7,10,16-17H,8-9H2,1-3H3/t10-/m0/s1. The number of esters is 1. The van der Waals surface area contributed by atoms with E-state index < -0.39 is 12.1 Å². The largest absolute Gasteiger partial charge is 0.459 e. The lowest BCUT2D eigenvalue weighted by Crippen LogP contribution is -2.42. The first kappa shape index (κ1) is 16.0. The van der Waals surface area contributed by atoms with Gasteiger partial charge in [-0.05, 0) is 32.9 Å². The van der Waals surface area contributed by atoms with Crippen molar-refractivity contribution in [3.8, 4) is 0 Å². The van der Waals surface area contributed by atoms with Crippen LogP contribution in [-0.2, 0) is 4.74 Å². The van der Waals surface area contributed by atoms with Crippen LogP contribution in [0.15, 0.2) is 24.3 Å². The second-order valence-corrected chi connectivity index (χ2v) is 5.77. The molecule has 0 spiro atoms. The molecular weight excluding hydrogens is 266 g/mol. The number of nitrogens with one attached hydrogen (secondary N) is 1. The van der Waals surface area contributed by atoms with Crippen LogP contribution < -0.4 is 5.32 Å². The average molecular weight is 286 g/mol. The Labute approximate surface area is 118 Å². The second-order valence-electron chi connectivity index (χ2n) is 5.36. The van der Waals surface area contributed by atoms with Crippen molar-refractivity contribution < 1.29 is 14.6 Å². The van der Waals surface area contributed by atoms with Crippen LogP contribution in [0.5, 0.6) is 0 Å². The Bertz CT molecular complexity index is 429. The van der Waals surface area contributed by atoms with E-state index in [2.05, 4.69) is 5.32 Å². The fraction of sp³-hybridized carbons (Fsp3) is 0.500. The lowest BCUT2D eigenvalue weighted by atomic mass is 10.1. The maximum Gasteiger partial charge on any atom is 0.339 e. The summed E-state index contributed by atoms with van der Waals surface area (Å²) in [5.41, 5.74) is 0.216. The number of halogens is 1. The van der Waals surface area contributed by atoms with Gasteiger partial charge in [-0.2, -0.15) is 0 Å². The van der Waals surface area contributed by atoms with Crippen LogP contribution >= 0.6 is 11.6 Å². The van der Waals surface area contributed by atoms with E-state index in [1.54, 1.807) is 24.3 Å². The summed E-state index contributed by atoms with van der Waals surface area (Å²) in [6.45, 7) is 6.28. The Morgan fingerprint density at radius 1 is 1.42 bits per heavy atom. The number of carbonyl (C=O) groups excluding carboxylic acids is 1. The zero-order valence-electron chi connectivity index (χ0n) is 11.4. The van der Waals surface area contributed by atoms with Crippen molar-refractivity contribution in [3.63, 3.8) is 0 Å². The van der Waals surface area contributed by atoms with Gasteiger partial charge in [0.05, 0.1) is 10.6 Å². The summed E-state index contributed by atoms with van der Waals surface area (Å²) in [7, 11) is 0. The molecule has 0 unspecified atom stereocenters. The minimum Gasteiger partial charge on any atom is -0.459 e. The van der Waals surface area contributed by atoms with Gasteiger partial charge in [-0.1, -0.05) is 23.7 Å². The first-order chi connectivity index (χ1) is 8.79. The summed E-state index contributed by atoms with van der Waals surface area (Å²) in [5.74, 6) is -0.527. The van der Waals surface area contributed by atoms with Gasteiger partial charge in [0.15, 0.2) is 0 Å². The van der Waals surface area contributed by atoms with Crippen molar-refractivity contribution in [1.82, 2.24) is 5.32 Å². The van der Waals surface area contributed by atoms with Crippen molar-refractivity contribution >= 4 is 17.6 Å². The van der Waals surface area contributed by atoms with E-state index in [0.29, 0.717) is 17.1 Å². The summed E-state index contributed by atoms with van der Waals surface area (Å²) < 4.78 is 5.02. The lowest BCUT2D eigenvalue weighted by Gasteiger charge is -2.22. The van der Waals surface area contributed by atoms with Gasteiger partial charge in [0.1, 0.15) is 12.7 Å². The fourth-order valence-electron chi connectivity index (χ4n) is 1.36. The summed E-state index contributed by atoms with van der Waals surface area (Å²) in [6.07, 6.45) is -0.745. The second kappa shape index (κ2) is 6.89. The Balaban J connectivity index is 2.41. The number of hydrogen-bond donors (Lipinski definition) is 2. The van der Waals surface area contributed by atoms with E-state index in [0.717, 1.165) is 0 Å². The van der Waals surface area contributed by atoms with E-state index in [1.807, 2.05) is 20.8 Å². The summed E-state index contributed by atoms with van der Waals surface area (Å²) in [5, 5.41) is 13.2. The highest BCUT2D eigenvalue weighted by Crippen LogP contribution is 2.15. The predicted octanol–water partition coefficient (Wildman–Crippen LogP) is 2.25. The molecule has 1 aromatic rings. The van der Waals surface area contributed by atoms with Crippen molar-refractivity contribution in [1.29, 1.82) is 0 Å². The predicted molar refractivity (Wildman–Crippen MR) is 75.5 cm³/mol. The molecule has 0 aliphatic carbocycles. The van der Waals surface area contributed by atoms with Gasteiger partial charge in [0.25, 0.3) is 0 Å². The lowest BCUT2D eigenvalue weighted by molar-refractivity contribution is 0.0247. The van der Waals surface area contributed by atoms with Crippen molar-refractivity contribution in [2.24, 2.45) is 0 Å². The number of β-amino-alcohol motifs (C(OH)–C–C–N with tert-alkyl or cyclic N) is 1. The van der Waals surface area contributed by atoms with Gasteiger partial charge in [0, 0.05) is 12.1 Å². The van der Waals surface area contributed by atoms with Crippen LogP contribution in [0.2, 0.25) is 5.02 Å². The van der Waals surface area contributed by atoms with Gasteiger partial charge in [-0.3, -0.25) is 0 Å². The minimum atomic E-state index is -0.745. The first-order valence-corrected chi connectivity index (χ1v) is 6.52. The van der Waals surface area contributed by atoms with Gasteiger partial charge in [0.2, 0.25) is 0 Å². The number of ether oxygens (including phenoxy) is 1. The summed E-state index contributed by atoms with van der Waals surface area (Å²) >= 11 is 5.88. The van der Waals surface area contributed by atoms with Gasteiger partial charge < -0.3 is 15.2 Å². The quantitative estimate of drug-likeness (QED) is 0.815. The van der Waals surface area contributed by atoms with Gasteiger partial charge >= 0.3 is 5.97 Å². The monoisotopic (exact) mass is 285 g/mol. The molecule has 4 nitrogen and oxygen atoms in total. The Hall–Kier alpha value is -1.10. The number of rotatable bonds is 5. The number of aliphatic hydroxyl groups is 1. The molecule has 0 aliphatic heterocycles. The Kier molecular flexibility index (Phi) is 5.79. The molecule has 106 valence electrons. The molecule has 0 amide bonds. The molecule has 1 aromatic carbocycles. The smallest absolute Gasteiger partial charge is 0.339 e. The maximum atomic E-state index is 11.7. The Morgan fingerprint density at radius 2 is 2.05 bits per heavy atom. The molecule has 1 rings (SSSR count). The Morgan fingerprint density at radius 3 is 2.63 bits per heavy atom. The van der Waals surface area contributed by atoms with Crippen molar-refractivity contribution in [3.05, 3.63) is 34.9 Å². The van der Waals surface area contributed by atoms with Crippen LogP contribution in [0.1, 0.15) is 31.1 Å². The molecule has 0 heterocycles. The third kappa shape index (κ3) is 6.05. The first-order valence-electron chi connectivity index (χ1n) is 6.14. The molecule has 0 radical (unpaired) electrons. The molecule has 5 heteroatoms. The third-order valence-electron chi connectivity index (χ3n) is 2.37.